The maximum atomic E-state index is 12.0. The minimum Gasteiger partial charge on any atom is -0.481 e. The van der Waals surface area contributed by atoms with E-state index in [4.69, 9.17) is 5.11 Å². The highest BCUT2D eigenvalue weighted by Gasteiger charge is 2.31. The molecule has 0 aliphatic rings. The van der Waals surface area contributed by atoms with Gasteiger partial charge in [0.1, 0.15) is 0 Å². The lowest BCUT2D eigenvalue weighted by molar-refractivity contribution is -0.145. The van der Waals surface area contributed by atoms with E-state index in [1.54, 1.807) is 0 Å². The quantitative estimate of drug-likeness (QED) is 0.176. The summed E-state index contributed by atoms with van der Waals surface area (Å²) in [6, 6.07) is 0. The average Bonchev–Trinajstić information content (AvgIpc) is 2.67. The molecule has 4 heteroatoms. The number of hydrogen-bond acceptors (Lipinski definition) is 2. The zero-order valence-electron chi connectivity index (χ0n) is 21.2. The minimum absolute atomic E-state index is 0.197. The van der Waals surface area contributed by atoms with Gasteiger partial charge in [-0.2, -0.15) is 0 Å². The summed E-state index contributed by atoms with van der Waals surface area (Å²) in [6.07, 6.45) is 15.8. The van der Waals surface area contributed by atoms with Crippen LogP contribution in [0.25, 0.3) is 0 Å². The summed E-state index contributed by atoms with van der Waals surface area (Å²) in [6.45, 7) is 11.1. The number of hydrogen-bond donors (Lipinski definition) is 2. The van der Waals surface area contributed by atoms with Crippen molar-refractivity contribution in [2.75, 3.05) is 0 Å². The Bertz CT molecular complexity index is 458. The van der Waals surface area contributed by atoms with Crippen molar-refractivity contribution in [3.63, 3.8) is 0 Å². The van der Waals surface area contributed by atoms with Crippen molar-refractivity contribution >= 4 is 11.9 Å². The molecule has 0 rings (SSSR count). The van der Waals surface area contributed by atoms with Crippen LogP contribution in [0.3, 0.4) is 0 Å². The van der Waals surface area contributed by atoms with Gasteiger partial charge < -0.3 is 10.2 Å². The third kappa shape index (κ3) is 17.2. The molecular formula is C27H52O4. The molecule has 0 aliphatic heterocycles. The van der Waals surface area contributed by atoms with Gasteiger partial charge in [-0.1, -0.05) is 105 Å². The molecule has 0 radical (unpaired) electrons. The highest BCUT2D eigenvalue weighted by molar-refractivity contribution is 5.70. The van der Waals surface area contributed by atoms with E-state index >= 15 is 0 Å². The van der Waals surface area contributed by atoms with Gasteiger partial charge in [-0.3, -0.25) is 9.59 Å². The van der Waals surface area contributed by atoms with Crippen molar-refractivity contribution < 1.29 is 19.8 Å². The first-order chi connectivity index (χ1) is 14.6. The molecule has 3 unspecified atom stereocenters. The van der Waals surface area contributed by atoms with Gasteiger partial charge in [-0.15, -0.1) is 0 Å². The van der Waals surface area contributed by atoms with Gasteiger partial charge in [0.25, 0.3) is 0 Å². The molecule has 0 amide bonds. The molecule has 0 saturated carbocycles. The lowest BCUT2D eigenvalue weighted by Crippen LogP contribution is -2.29. The minimum atomic E-state index is -0.685. The van der Waals surface area contributed by atoms with E-state index in [0.717, 1.165) is 51.4 Å². The van der Waals surface area contributed by atoms with E-state index in [9.17, 15) is 14.7 Å². The van der Waals surface area contributed by atoms with Gasteiger partial charge in [0.05, 0.1) is 5.92 Å². The van der Waals surface area contributed by atoms with Gasteiger partial charge in [-0.25, -0.2) is 0 Å². The molecule has 0 spiro atoms. The van der Waals surface area contributed by atoms with Crippen LogP contribution >= 0.6 is 0 Å². The number of carbonyl (C=O) groups is 2. The Morgan fingerprint density at radius 3 is 1.48 bits per heavy atom. The van der Waals surface area contributed by atoms with Crippen LogP contribution in [0.15, 0.2) is 0 Å². The van der Waals surface area contributed by atoms with Gasteiger partial charge in [0, 0.05) is 6.42 Å². The van der Waals surface area contributed by atoms with Crippen molar-refractivity contribution in [3.8, 4) is 0 Å². The van der Waals surface area contributed by atoms with Crippen molar-refractivity contribution in [1.29, 1.82) is 0 Å². The van der Waals surface area contributed by atoms with E-state index in [1.807, 2.05) is 0 Å². The van der Waals surface area contributed by atoms with E-state index in [-0.39, 0.29) is 5.92 Å². The fraction of sp³-hybridized carbons (Fsp3) is 0.926. The van der Waals surface area contributed by atoms with Crippen LogP contribution in [0.5, 0.6) is 0 Å². The lowest BCUT2D eigenvalue weighted by atomic mass is 9.74. The smallest absolute Gasteiger partial charge is 0.306 e. The van der Waals surface area contributed by atoms with Gasteiger partial charge in [-0.05, 0) is 42.9 Å². The highest BCUT2D eigenvalue weighted by Crippen LogP contribution is 2.34. The molecule has 4 nitrogen and oxygen atoms in total. The van der Waals surface area contributed by atoms with Crippen molar-refractivity contribution in [1.82, 2.24) is 0 Å². The lowest BCUT2D eigenvalue weighted by Gasteiger charge is -2.31. The monoisotopic (exact) mass is 440 g/mol. The summed E-state index contributed by atoms with van der Waals surface area (Å²) in [7, 11) is 0. The first kappa shape index (κ1) is 29.9. The molecule has 0 saturated heterocycles. The largest absolute Gasteiger partial charge is 0.481 e. The molecule has 0 fully saturated rings. The number of rotatable bonds is 21. The predicted octanol–water partition coefficient (Wildman–Crippen LogP) is 8.19. The second-order valence-corrected chi connectivity index (χ2v) is 10.6. The van der Waals surface area contributed by atoms with Crippen LogP contribution in [0.2, 0.25) is 0 Å². The predicted molar refractivity (Wildman–Crippen MR) is 130 cm³/mol. The van der Waals surface area contributed by atoms with Gasteiger partial charge >= 0.3 is 11.9 Å². The molecule has 0 aromatic heterocycles. The second-order valence-electron chi connectivity index (χ2n) is 10.6. The molecule has 3 atom stereocenters. The normalized spacial score (nSPS) is 14.7. The Kier molecular flexibility index (Phi) is 17.9. The van der Waals surface area contributed by atoms with Gasteiger partial charge in [0.15, 0.2) is 0 Å². The second kappa shape index (κ2) is 18.5. The molecule has 0 aromatic rings. The van der Waals surface area contributed by atoms with Crippen LogP contribution in [0.4, 0.5) is 0 Å². The average molecular weight is 441 g/mol. The molecule has 0 aromatic carbocycles. The molecule has 2 N–H and O–H groups in total. The Labute approximate surface area is 192 Å². The molecule has 0 bridgehead atoms. The van der Waals surface area contributed by atoms with Crippen LogP contribution in [-0.4, -0.2) is 22.2 Å². The summed E-state index contributed by atoms with van der Waals surface area (Å²) in [5.41, 5.74) is 0. The fourth-order valence-corrected chi connectivity index (χ4v) is 4.64. The molecular weight excluding hydrogens is 388 g/mol. The zero-order valence-corrected chi connectivity index (χ0v) is 21.2. The summed E-state index contributed by atoms with van der Waals surface area (Å²) in [4.78, 5) is 22.5. The summed E-state index contributed by atoms with van der Waals surface area (Å²) < 4.78 is 0. The van der Waals surface area contributed by atoms with Crippen LogP contribution in [-0.2, 0) is 9.59 Å². The SMILES string of the molecule is CC(C)CCC(C(=O)O)C(CCC(C)C)C(C)CCCCCCCCCCCC(=O)O. The summed E-state index contributed by atoms with van der Waals surface area (Å²) >= 11 is 0. The van der Waals surface area contributed by atoms with E-state index in [2.05, 4.69) is 34.6 Å². The molecule has 0 heterocycles. The summed E-state index contributed by atoms with van der Waals surface area (Å²) in [5, 5.41) is 18.6. The van der Waals surface area contributed by atoms with Gasteiger partial charge in [0.2, 0.25) is 0 Å². The van der Waals surface area contributed by atoms with E-state index in [0.29, 0.717) is 30.1 Å². The van der Waals surface area contributed by atoms with Crippen molar-refractivity contribution in [2.24, 2.45) is 29.6 Å². The molecule has 0 aliphatic carbocycles. The maximum absolute atomic E-state index is 12.0. The number of carboxylic acid groups (broad SMARTS) is 2. The first-order valence-electron chi connectivity index (χ1n) is 13.1. The molecule has 31 heavy (non-hydrogen) atoms. The Hall–Kier alpha value is -1.06. The van der Waals surface area contributed by atoms with Crippen LogP contribution in [0, 0.1) is 29.6 Å². The van der Waals surface area contributed by atoms with Crippen LogP contribution < -0.4 is 0 Å². The fourth-order valence-electron chi connectivity index (χ4n) is 4.64. The van der Waals surface area contributed by atoms with Crippen LogP contribution in [0.1, 0.15) is 131 Å². The van der Waals surface area contributed by atoms with Crippen molar-refractivity contribution in [3.05, 3.63) is 0 Å². The van der Waals surface area contributed by atoms with E-state index < -0.39 is 11.9 Å². The summed E-state index contributed by atoms with van der Waals surface area (Å²) in [5.74, 6) is 0.473. The Morgan fingerprint density at radius 2 is 1.03 bits per heavy atom. The van der Waals surface area contributed by atoms with Crippen molar-refractivity contribution in [2.45, 2.75) is 131 Å². The van der Waals surface area contributed by atoms with E-state index in [1.165, 1.54) is 38.5 Å². The maximum Gasteiger partial charge on any atom is 0.306 e. The first-order valence-corrected chi connectivity index (χ1v) is 13.1. The molecule has 184 valence electrons. The Morgan fingerprint density at radius 1 is 0.581 bits per heavy atom. The topological polar surface area (TPSA) is 74.6 Å². The third-order valence-electron chi connectivity index (χ3n) is 6.75. The number of carboxylic acids is 2. The number of aliphatic carboxylic acids is 2. The third-order valence-corrected chi connectivity index (χ3v) is 6.75. The highest BCUT2D eigenvalue weighted by atomic mass is 16.4. The number of unbranched alkanes of at least 4 members (excludes halogenated alkanes) is 8. The standard InChI is InChI=1S/C27H52O4/c1-21(2)17-19-24(25(27(30)31)20-18-22(3)4)23(5)15-13-11-9-7-6-8-10-12-14-16-26(28)29/h21-25H,6-20H2,1-5H3,(H,28,29)(H,30,31). The Balaban J connectivity index is 4.24. The zero-order chi connectivity index (χ0) is 23.6.